The van der Waals surface area contributed by atoms with E-state index in [9.17, 15) is 22.8 Å². The summed E-state index contributed by atoms with van der Waals surface area (Å²) in [6.45, 7) is 0. The first-order valence-electron chi connectivity index (χ1n) is 10.3. The third kappa shape index (κ3) is 4.85. The van der Waals surface area contributed by atoms with Crippen LogP contribution in [0.25, 0.3) is 10.9 Å². The van der Waals surface area contributed by atoms with Crippen molar-refractivity contribution in [3.8, 4) is 23.0 Å². The zero-order chi connectivity index (χ0) is 25.8. The standard InChI is InChI=1S/C25H17F3N2O6/c1-33-20-12-17-14(10-15(20)24(31)34-2)19(8-9-29-17)36-23-16(26)11-18(21(27)22(23)28)30-25(32)35-13-6-4-3-5-7-13/h3-12H,1-2H3,(H,30,32). The fourth-order valence-electron chi connectivity index (χ4n) is 3.28. The number of benzene rings is 3. The molecule has 0 fully saturated rings. The van der Waals surface area contributed by atoms with E-state index in [1.54, 1.807) is 18.2 Å². The van der Waals surface area contributed by atoms with Crippen LogP contribution in [0.4, 0.5) is 23.7 Å². The largest absolute Gasteiger partial charge is 0.496 e. The van der Waals surface area contributed by atoms with Gasteiger partial charge < -0.3 is 18.9 Å². The number of hydrogen-bond acceptors (Lipinski definition) is 7. The van der Waals surface area contributed by atoms with E-state index in [0.29, 0.717) is 6.07 Å². The molecule has 0 spiro atoms. The first kappa shape index (κ1) is 24.3. The number of aromatic nitrogens is 1. The van der Waals surface area contributed by atoms with Gasteiger partial charge in [0.05, 0.1) is 25.4 Å². The van der Waals surface area contributed by atoms with E-state index in [4.69, 9.17) is 18.9 Å². The first-order valence-corrected chi connectivity index (χ1v) is 10.3. The van der Waals surface area contributed by atoms with Crippen LogP contribution in [0.5, 0.6) is 23.0 Å². The van der Waals surface area contributed by atoms with Crippen molar-refractivity contribution < 1.29 is 41.7 Å². The maximum absolute atomic E-state index is 14.8. The lowest BCUT2D eigenvalue weighted by atomic mass is 10.1. The van der Waals surface area contributed by atoms with Gasteiger partial charge in [-0.05, 0) is 24.3 Å². The number of fused-ring (bicyclic) bond motifs is 1. The minimum absolute atomic E-state index is 0.00829. The number of carbonyl (C=O) groups is 2. The molecule has 8 nitrogen and oxygen atoms in total. The molecule has 184 valence electrons. The maximum atomic E-state index is 14.8. The van der Waals surface area contributed by atoms with Gasteiger partial charge in [-0.2, -0.15) is 4.39 Å². The Morgan fingerprint density at radius 3 is 2.36 bits per heavy atom. The van der Waals surface area contributed by atoms with Gasteiger partial charge in [-0.25, -0.2) is 18.4 Å². The molecule has 0 saturated heterocycles. The van der Waals surface area contributed by atoms with Crippen LogP contribution >= 0.6 is 0 Å². The van der Waals surface area contributed by atoms with Crippen LogP contribution in [-0.2, 0) is 4.74 Å². The van der Waals surface area contributed by atoms with Crippen molar-refractivity contribution in [2.24, 2.45) is 0 Å². The number of nitrogens with one attached hydrogen (secondary N) is 1. The SMILES string of the molecule is COC(=O)c1cc2c(Oc3c(F)cc(NC(=O)Oc4ccccc4)c(F)c3F)ccnc2cc1OC. The highest BCUT2D eigenvalue weighted by molar-refractivity contribution is 5.99. The molecule has 0 atom stereocenters. The molecule has 0 unspecified atom stereocenters. The number of para-hydroxylation sites is 1. The van der Waals surface area contributed by atoms with Crippen LogP contribution in [0.1, 0.15) is 10.4 Å². The molecule has 1 N–H and O–H groups in total. The molecule has 4 rings (SSSR count). The molecule has 0 bridgehead atoms. The lowest BCUT2D eigenvalue weighted by Crippen LogP contribution is -2.18. The Bertz CT molecular complexity index is 1460. The van der Waals surface area contributed by atoms with E-state index in [1.807, 2.05) is 5.32 Å². The van der Waals surface area contributed by atoms with Gasteiger partial charge in [0.2, 0.25) is 11.6 Å². The first-order chi connectivity index (χ1) is 17.3. The normalized spacial score (nSPS) is 10.6. The topological polar surface area (TPSA) is 96.0 Å². The number of methoxy groups -OCH3 is 2. The zero-order valence-electron chi connectivity index (χ0n) is 18.8. The second kappa shape index (κ2) is 10.2. The summed E-state index contributed by atoms with van der Waals surface area (Å²) in [7, 11) is 2.51. The Morgan fingerprint density at radius 1 is 0.917 bits per heavy atom. The Kier molecular flexibility index (Phi) is 6.91. The van der Waals surface area contributed by atoms with E-state index in [2.05, 4.69) is 4.98 Å². The van der Waals surface area contributed by atoms with Gasteiger partial charge in [0.15, 0.2) is 11.6 Å². The molecule has 11 heteroatoms. The molecule has 0 aliphatic rings. The van der Waals surface area contributed by atoms with Crippen LogP contribution in [-0.4, -0.2) is 31.3 Å². The molecular weight excluding hydrogens is 481 g/mol. The quantitative estimate of drug-likeness (QED) is 0.263. The van der Waals surface area contributed by atoms with Crippen LogP contribution < -0.4 is 19.5 Å². The Morgan fingerprint density at radius 2 is 1.67 bits per heavy atom. The number of nitrogens with zero attached hydrogens (tertiary/aromatic N) is 1. The van der Waals surface area contributed by atoms with Crippen molar-refractivity contribution >= 4 is 28.7 Å². The van der Waals surface area contributed by atoms with Gasteiger partial charge >= 0.3 is 12.1 Å². The molecule has 1 amide bonds. The maximum Gasteiger partial charge on any atom is 0.417 e. The number of anilines is 1. The number of amides is 1. The van der Waals surface area contributed by atoms with Crippen LogP contribution in [0.15, 0.2) is 60.8 Å². The molecule has 0 radical (unpaired) electrons. The van der Waals surface area contributed by atoms with Crippen LogP contribution in [0, 0.1) is 17.5 Å². The summed E-state index contributed by atoms with van der Waals surface area (Å²) >= 11 is 0. The Balaban J connectivity index is 1.67. The number of halogens is 3. The molecule has 4 aromatic rings. The Hall–Kier alpha value is -4.80. The lowest BCUT2D eigenvalue weighted by Gasteiger charge is -2.14. The van der Waals surface area contributed by atoms with Crippen LogP contribution in [0.3, 0.4) is 0 Å². The number of pyridine rings is 1. The average Bonchev–Trinajstić information content (AvgIpc) is 2.88. The highest BCUT2D eigenvalue weighted by atomic mass is 19.2. The Labute approximate surface area is 202 Å². The summed E-state index contributed by atoms with van der Waals surface area (Å²) in [6, 6.07) is 12.4. The second-order valence-corrected chi connectivity index (χ2v) is 7.16. The summed E-state index contributed by atoms with van der Waals surface area (Å²) in [6.07, 6.45) is 0.133. The summed E-state index contributed by atoms with van der Waals surface area (Å²) in [5, 5.41) is 2.13. The molecule has 1 aromatic heterocycles. The van der Waals surface area contributed by atoms with E-state index in [1.165, 1.54) is 50.7 Å². The van der Waals surface area contributed by atoms with Crippen molar-refractivity contribution in [1.29, 1.82) is 0 Å². The lowest BCUT2D eigenvalue weighted by molar-refractivity contribution is 0.0597. The van der Waals surface area contributed by atoms with Gasteiger partial charge in [-0.1, -0.05) is 18.2 Å². The molecular formula is C25H17F3N2O6. The highest BCUT2D eigenvalue weighted by Gasteiger charge is 2.24. The molecule has 0 aliphatic carbocycles. The zero-order valence-corrected chi connectivity index (χ0v) is 18.8. The van der Waals surface area contributed by atoms with Gasteiger partial charge in [-0.15, -0.1) is 0 Å². The average molecular weight is 498 g/mol. The smallest absolute Gasteiger partial charge is 0.417 e. The van der Waals surface area contributed by atoms with Crippen molar-refractivity contribution in [1.82, 2.24) is 4.98 Å². The fraction of sp³-hybridized carbons (Fsp3) is 0.0800. The van der Waals surface area contributed by atoms with Crippen molar-refractivity contribution in [2.75, 3.05) is 19.5 Å². The van der Waals surface area contributed by atoms with E-state index >= 15 is 0 Å². The van der Waals surface area contributed by atoms with Crippen molar-refractivity contribution in [3.63, 3.8) is 0 Å². The van der Waals surface area contributed by atoms with Gasteiger partial charge in [0, 0.05) is 23.7 Å². The van der Waals surface area contributed by atoms with Gasteiger partial charge in [0.25, 0.3) is 0 Å². The third-order valence-corrected chi connectivity index (χ3v) is 4.95. The van der Waals surface area contributed by atoms with E-state index in [-0.39, 0.29) is 33.7 Å². The minimum atomic E-state index is -1.70. The predicted octanol–water partition coefficient (Wildman–Crippen LogP) is 5.85. The summed E-state index contributed by atoms with van der Waals surface area (Å²) in [5.74, 6) is -6.22. The van der Waals surface area contributed by atoms with Crippen LogP contribution in [0.2, 0.25) is 0 Å². The monoisotopic (exact) mass is 498 g/mol. The summed E-state index contributed by atoms with van der Waals surface area (Å²) in [5.41, 5.74) is -0.523. The molecule has 3 aromatic carbocycles. The number of esters is 1. The van der Waals surface area contributed by atoms with E-state index < -0.39 is 41.0 Å². The molecule has 0 aliphatic heterocycles. The minimum Gasteiger partial charge on any atom is -0.496 e. The number of rotatable bonds is 6. The summed E-state index contributed by atoms with van der Waals surface area (Å²) < 4.78 is 64.5. The molecule has 1 heterocycles. The molecule has 0 saturated carbocycles. The third-order valence-electron chi connectivity index (χ3n) is 4.95. The van der Waals surface area contributed by atoms with Crippen molar-refractivity contribution in [2.45, 2.75) is 0 Å². The number of hydrogen-bond donors (Lipinski definition) is 1. The van der Waals surface area contributed by atoms with E-state index in [0.717, 1.165) is 0 Å². The number of carbonyl (C=O) groups excluding carboxylic acids is 2. The number of ether oxygens (including phenoxy) is 4. The summed E-state index contributed by atoms with van der Waals surface area (Å²) in [4.78, 5) is 28.3. The van der Waals surface area contributed by atoms with Gasteiger partial charge in [-0.3, -0.25) is 10.3 Å². The molecule has 36 heavy (non-hydrogen) atoms. The highest BCUT2D eigenvalue weighted by Crippen LogP contribution is 2.37. The fourth-order valence-corrected chi connectivity index (χ4v) is 3.28. The van der Waals surface area contributed by atoms with Crippen molar-refractivity contribution in [3.05, 3.63) is 83.8 Å². The second-order valence-electron chi connectivity index (χ2n) is 7.16. The predicted molar refractivity (Wildman–Crippen MR) is 122 cm³/mol. The van der Waals surface area contributed by atoms with Gasteiger partial charge in [0.1, 0.15) is 22.8 Å².